The van der Waals surface area contributed by atoms with Gasteiger partial charge in [-0.1, -0.05) is 12.8 Å². The minimum Gasteiger partial charge on any atom is -0.320 e. The highest BCUT2D eigenvalue weighted by Crippen LogP contribution is 2.31. The summed E-state index contributed by atoms with van der Waals surface area (Å²) in [7, 11) is 0. The minimum atomic E-state index is -2.33. The van der Waals surface area contributed by atoms with Gasteiger partial charge in [0.1, 0.15) is 0 Å². The highest BCUT2D eigenvalue weighted by molar-refractivity contribution is 5.85. The van der Waals surface area contributed by atoms with Crippen molar-refractivity contribution in [3.05, 3.63) is 0 Å². The molecule has 0 amide bonds. The second-order valence-corrected chi connectivity index (χ2v) is 2.74. The van der Waals surface area contributed by atoms with E-state index in [-0.39, 0.29) is 12.4 Å². The average molecular weight is 172 g/mol. The van der Waals surface area contributed by atoms with Gasteiger partial charge in [-0.25, -0.2) is 8.78 Å². The van der Waals surface area contributed by atoms with Crippen molar-refractivity contribution in [1.29, 1.82) is 0 Å². The molecule has 0 atom stereocenters. The summed E-state index contributed by atoms with van der Waals surface area (Å²) in [5.41, 5.74) is 4.21. The molecule has 4 heteroatoms. The third kappa shape index (κ3) is 1.80. The molecular weight excluding hydrogens is 160 g/mol. The number of halogens is 3. The van der Waals surface area contributed by atoms with Crippen LogP contribution in [0.2, 0.25) is 0 Å². The molecule has 1 aliphatic rings. The van der Waals surface area contributed by atoms with Gasteiger partial charge in [0.05, 0.1) is 5.54 Å². The molecule has 0 aromatic rings. The standard InChI is InChI=1S/C6H11F2N.ClH/c7-5(8)6(9)3-1-2-4-6;/h5H,1-4,9H2;1H. The third-order valence-electron chi connectivity index (χ3n) is 1.97. The maximum Gasteiger partial charge on any atom is 0.256 e. The predicted octanol–water partition coefficient (Wildman–Crippen LogP) is 1.94. The van der Waals surface area contributed by atoms with Crippen molar-refractivity contribution in [2.45, 2.75) is 37.6 Å². The maximum absolute atomic E-state index is 12.0. The lowest BCUT2D eigenvalue weighted by molar-refractivity contribution is 0.0574. The Bertz CT molecular complexity index is 102. The van der Waals surface area contributed by atoms with Gasteiger partial charge in [-0.3, -0.25) is 0 Å². The number of nitrogens with two attached hydrogens (primary N) is 1. The van der Waals surface area contributed by atoms with Gasteiger partial charge >= 0.3 is 0 Å². The van der Waals surface area contributed by atoms with Crippen molar-refractivity contribution >= 4 is 12.4 Å². The van der Waals surface area contributed by atoms with E-state index in [1.54, 1.807) is 0 Å². The third-order valence-corrected chi connectivity index (χ3v) is 1.97. The van der Waals surface area contributed by atoms with Crippen molar-refractivity contribution in [2.24, 2.45) is 5.73 Å². The summed E-state index contributed by atoms with van der Waals surface area (Å²) < 4.78 is 24.0. The zero-order valence-electron chi connectivity index (χ0n) is 5.65. The SMILES string of the molecule is Cl.NC1(C(F)F)CCCC1. The van der Waals surface area contributed by atoms with E-state index in [4.69, 9.17) is 5.73 Å². The van der Waals surface area contributed by atoms with Gasteiger partial charge in [-0.05, 0) is 12.8 Å². The molecular formula is C6H12ClF2N. The van der Waals surface area contributed by atoms with Crippen LogP contribution < -0.4 is 5.73 Å². The van der Waals surface area contributed by atoms with E-state index in [2.05, 4.69) is 0 Å². The van der Waals surface area contributed by atoms with Crippen LogP contribution in [0, 0.1) is 0 Å². The van der Waals surface area contributed by atoms with Gasteiger partial charge in [0.15, 0.2) is 0 Å². The van der Waals surface area contributed by atoms with Crippen molar-refractivity contribution in [2.75, 3.05) is 0 Å². The Morgan fingerprint density at radius 2 is 1.60 bits per heavy atom. The molecule has 0 radical (unpaired) electrons. The summed E-state index contributed by atoms with van der Waals surface area (Å²) in [6.45, 7) is 0. The van der Waals surface area contributed by atoms with Crippen molar-refractivity contribution < 1.29 is 8.78 Å². The molecule has 0 aromatic heterocycles. The maximum atomic E-state index is 12.0. The zero-order valence-corrected chi connectivity index (χ0v) is 6.46. The van der Waals surface area contributed by atoms with Crippen LogP contribution >= 0.6 is 12.4 Å². The van der Waals surface area contributed by atoms with Crippen LogP contribution in [0.4, 0.5) is 8.78 Å². The minimum absolute atomic E-state index is 0. The van der Waals surface area contributed by atoms with E-state index in [1.807, 2.05) is 0 Å². The Hall–Kier alpha value is 0.110. The number of alkyl halides is 2. The molecule has 10 heavy (non-hydrogen) atoms. The molecule has 2 N–H and O–H groups in total. The van der Waals surface area contributed by atoms with Gasteiger partial charge in [-0.2, -0.15) is 0 Å². The highest BCUT2D eigenvalue weighted by atomic mass is 35.5. The molecule has 1 nitrogen and oxygen atoms in total. The summed E-state index contributed by atoms with van der Waals surface area (Å²) in [6, 6.07) is 0. The molecule has 0 saturated heterocycles. The lowest BCUT2D eigenvalue weighted by Gasteiger charge is -2.21. The van der Waals surface area contributed by atoms with E-state index in [0.717, 1.165) is 12.8 Å². The molecule has 0 spiro atoms. The fourth-order valence-electron chi connectivity index (χ4n) is 1.25. The second-order valence-electron chi connectivity index (χ2n) is 2.74. The lowest BCUT2D eigenvalue weighted by Crippen LogP contribution is -2.43. The molecule has 62 valence electrons. The molecule has 1 rings (SSSR count). The first-order valence-electron chi connectivity index (χ1n) is 3.22. The van der Waals surface area contributed by atoms with Crippen molar-refractivity contribution in [3.63, 3.8) is 0 Å². The lowest BCUT2D eigenvalue weighted by atomic mass is 10.0. The topological polar surface area (TPSA) is 26.0 Å². The van der Waals surface area contributed by atoms with Gasteiger partial charge < -0.3 is 5.73 Å². The fraction of sp³-hybridized carbons (Fsp3) is 1.00. The highest BCUT2D eigenvalue weighted by Gasteiger charge is 2.38. The Kier molecular flexibility index (Phi) is 3.52. The van der Waals surface area contributed by atoms with E-state index in [0.29, 0.717) is 12.8 Å². The normalized spacial score (nSPS) is 22.8. The zero-order chi connectivity index (χ0) is 6.91. The van der Waals surface area contributed by atoms with Crippen LogP contribution in [0.5, 0.6) is 0 Å². The molecule has 1 saturated carbocycles. The van der Waals surface area contributed by atoms with E-state index < -0.39 is 12.0 Å². The average Bonchev–Trinajstić information content (AvgIpc) is 2.16. The largest absolute Gasteiger partial charge is 0.320 e. The summed E-state index contributed by atoms with van der Waals surface area (Å²) in [5.74, 6) is 0. The number of rotatable bonds is 1. The van der Waals surface area contributed by atoms with Crippen molar-refractivity contribution in [3.8, 4) is 0 Å². The molecule has 0 bridgehead atoms. The molecule has 0 aliphatic heterocycles. The summed E-state index contributed by atoms with van der Waals surface area (Å²) in [5, 5.41) is 0. The fourth-order valence-corrected chi connectivity index (χ4v) is 1.25. The predicted molar refractivity (Wildman–Crippen MR) is 38.6 cm³/mol. The first-order valence-corrected chi connectivity index (χ1v) is 3.22. The Morgan fingerprint density at radius 1 is 1.20 bits per heavy atom. The van der Waals surface area contributed by atoms with Gasteiger partial charge in [0.25, 0.3) is 6.43 Å². The van der Waals surface area contributed by atoms with Crippen LogP contribution in [0.25, 0.3) is 0 Å². The van der Waals surface area contributed by atoms with Gasteiger partial charge in [0, 0.05) is 0 Å². The van der Waals surface area contributed by atoms with Crippen LogP contribution in [-0.4, -0.2) is 12.0 Å². The molecule has 1 aliphatic carbocycles. The monoisotopic (exact) mass is 171 g/mol. The molecule has 1 fully saturated rings. The summed E-state index contributed by atoms with van der Waals surface area (Å²) in [6.07, 6.45) is 0.372. The smallest absolute Gasteiger partial charge is 0.256 e. The quantitative estimate of drug-likeness (QED) is 0.641. The number of hydrogen-bond donors (Lipinski definition) is 1. The van der Waals surface area contributed by atoms with Crippen LogP contribution in [-0.2, 0) is 0 Å². The Labute approximate surface area is 65.4 Å². The molecule has 0 heterocycles. The van der Waals surface area contributed by atoms with Gasteiger partial charge in [0.2, 0.25) is 0 Å². The van der Waals surface area contributed by atoms with Crippen molar-refractivity contribution in [1.82, 2.24) is 0 Å². The number of hydrogen-bond acceptors (Lipinski definition) is 1. The second kappa shape index (κ2) is 3.49. The first-order chi connectivity index (χ1) is 4.15. The van der Waals surface area contributed by atoms with Gasteiger partial charge in [-0.15, -0.1) is 12.4 Å². The Morgan fingerprint density at radius 3 is 1.80 bits per heavy atom. The summed E-state index contributed by atoms with van der Waals surface area (Å²) in [4.78, 5) is 0. The van der Waals surface area contributed by atoms with Crippen LogP contribution in [0.1, 0.15) is 25.7 Å². The summed E-state index contributed by atoms with van der Waals surface area (Å²) >= 11 is 0. The van der Waals surface area contributed by atoms with Crippen LogP contribution in [0.3, 0.4) is 0 Å². The van der Waals surface area contributed by atoms with E-state index >= 15 is 0 Å². The van der Waals surface area contributed by atoms with E-state index in [9.17, 15) is 8.78 Å². The first kappa shape index (κ1) is 10.1. The van der Waals surface area contributed by atoms with Crippen LogP contribution in [0.15, 0.2) is 0 Å². The molecule has 0 aromatic carbocycles. The Balaban J connectivity index is 0.000000810. The molecule has 0 unspecified atom stereocenters. The van der Waals surface area contributed by atoms with E-state index in [1.165, 1.54) is 0 Å².